The lowest BCUT2D eigenvalue weighted by Crippen LogP contribution is -2.53. The molecule has 10 nitrogen and oxygen atoms in total. The fraction of sp³-hybridized carbons (Fsp3) is 0.389. The standard InChI is InChI=1S/C17H21N5O3.CH2O2/c1-3-22(10-13-19-7-8-21(13)2)17(24)16-15(20-14(23)11-25-16)12-5-4-6-18-9-12;2-1-3/h4-9,15-16H,3,10-11H2,1-2H3,(H,20,23);1H,(H,2,3)/t15-,16+;/m1./s1. The van der Waals surface area contributed by atoms with E-state index in [4.69, 9.17) is 14.6 Å². The van der Waals surface area contributed by atoms with E-state index in [1.54, 1.807) is 29.6 Å². The molecule has 0 bridgehead atoms. The molecule has 0 aliphatic carbocycles. The van der Waals surface area contributed by atoms with Gasteiger partial charge in [-0.2, -0.15) is 0 Å². The van der Waals surface area contributed by atoms with E-state index in [0.717, 1.165) is 11.4 Å². The van der Waals surface area contributed by atoms with Crippen LogP contribution in [0.1, 0.15) is 24.4 Å². The van der Waals surface area contributed by atoms with Crippen molar-refractivity contribution in [3.63, 3.8) is 0 Å². The first-order valence-electron chi connectivity index (χ1n) is 8.65. The first-order chi connectivity index (χ1) is 13.5. The molecule has 0 radical (unpaired) electrons. The van der Waals surface area contributed by atoms with Crippen molar-refractivity contribution in [3.05, 3.63) is 48.3 Å². The van der Waals surface area contributed by atoms with Gasteiger partial charge in [0.05, 0.1) is 12.6 Å². The van der Waals surface area contributed by atoms with E-state index in [0.29, 0.717) is 13.1 Å². The Morgan fingerprint density at radius 3 is 2.82 bits per heavy atom. The minimum Gasteiger partial charge on any atom is -0.483 e. The number of carbonyl (C=O) groups is 3. The zero-order chi connectivity index (χ0) is 20.5. The molecule has 3 rings (SSSR count). The van der Waals surface area contributed by atoms with Gasteiger partial charge in [0.1, 0.15) is 12.4 Å². The smallest absolute Gasteiger partial charge is 0.290 e. The van der Waals surface area contributed by atoms with E-state index in [1.807, 2.05) is 30.8 Å². The van der Waals surface area contributed by atoms with Crippen LogP contribution in [0.15, 0.2) is 36.9 Å². The van der Waals surface area contributed by atoms with Crippen molar-refractivity contribution in [1.82, 2.24) is 24.8 Å². The molecule has 150 valence electrons. The van der Waals surface area contributed by atoms with Gasteiger partial charge in [0.15, 0.2) is 6.10 Å². The van der Waals surface area contributed by atoms with Gasteiger partial charge >= 0.3 is 0 Å². The van der Waals surface area contributed by atoms with Crippen molar-refractivity contribution in [1.29, 1.82) is 0 Å². The number of aromatic nitrogens is 3. The van der Waals surface area contributed by atoms with Gasteiger partial charge < -0.3 is 24.6 Å². The maximum atomic E-state index is 13.0. The number of pyridine rings is 1. The summed E-state index contributed by atoms with van der Waals surface area (Å²) in [6.45, 7) is 2.42. The van der Waals surface area contributed by atoms with Gasteiger partial charge in [-0.1, -0.05) is 6.07 Å². The number of aryl methyl sites for hydroxylation is 1. The Hall–Kier alpha value is -3.27. The second kappa shape index (κ2) is 10.2. The number of morpholine rings is 1. The van der Waals surface area contributed by atoms with Gasteiger partial charge in [-0.15, -0.1) is 0 Å². The van der Waals surface area contributed by atoms with Crippen LogP contribution in [0.4, 0.5) is 0 Å². The van der Waals surface area contributed by atoms with Crippen LogP contribution in [0.3, 0.4) is 0 Å². The van der Waals surface area contributed by atoms with E-state index >= 15 is 0 Å². The van der Waals surface area contributed by atoms with Gasteiger partial charge in [-0.05, 0) is 18.6 Å². The third-order valence-electron chi connectivity index (χ3n) is 4.25. The Bertz CT molecular complexity index is 795. The zero-order valence-corrected chi connectivity index (χ0v) is 15.7. The Balaban J connectivity index is 0.000000878. The molecular formula is C18H23N5O5. The molecule has 1 aliphatic heterocycles. The van der Waals surface area contributed by atoms with E-state index in [2.05, 4.69) is 15.3 Å². The van der Waals surface area contributed by atoms with Crippen LogP contribution in [0.25, 0.3) is 0 Å². The molecule has 0 aromatic carbocycles. The molecule has 2 atom stereocenters. The van der Waals surface area contributed by atoms with Crippen LogP contribution in [0, 0.1) is 0 Å². The SMILES string of the molecule is CCN(Cc1nccn1C)C(=O)[C@H]1OCC(=O)N[C@@H]1c1cccnc1.O=CO. The number of rotatable bonds is 5. The lowest BCUT2D eigenvalue weighted by Gasteiger charge is -2.34. The maximum Gasteiger partial charge on any atom is 0.290 e. The molecule has 10 heteroatoms. The number of carbonyl (C=O) groups excluding carboxylic acids is 2. The van der Waals surface area contributed by atoms with Crippen molar-refractivity contribution >= 4 is 18.3 Å². The van der Waals surface area contributed by atoms with Crippen LogP contribution < -0.4 is 5.32 Å². The highest BCUT2D eigenvalue weighted by molar-refractivity contribution is 5.86. The normalized spacial score (nSPS) is 18.4. The number of imidazole rings is 1. The first kappa shape index (κ1) is 21.0. The quantitative estimate of drug-likeness (QED) is 0.696. The van der Waals surface area contributed by atoms with Crippen molar-refractivity contribution < 1.29 is 24.2 Å². The van der Waals surface area contributed by atoms with Crippen LogP contribution in [0.2, 0.25) is 0 Å². The van der Waals surface area contributed by atoms with Crippen molar-refractivity contribution in [2.45, 2.75) is 25.6 Å². The highest BCUT2D eigenvalue weighted by atomic mass is 16.5. The van der Waals surface area contributed by atoms with Gasteiger partial charge in [0.25, 0.3) is 12.4 Å². The second-order valence-electron chi connectivity index (χ2n) is 5.98. The van der Waals surface area contributed by atoms with Crippen LogP contribution in [-0.2, 0) is 32.7 Å². The predicted octanol–water partition coefficient (Wildman–Crippen LogP) is 0.121. The first-order valence-corrected chi connectivity index (χ1v) is 8.65. The van der Waals surface area contributed by atoms with Crippen LogP contribution in [0.5, 0.6) is 0 Å². The average molecular weight is 389 g/mol. The van der Waals surface area contributed by atoms with E-state index in [9.17, 15) is 9.59 Å². The molecule has 1 fully saturated rings. The molecular weight excluding hydrogens is 366 g/mol. The van der Waals surface area contributed by atoms with E-state index in [1.165, 1.54) is 0 Å². The Kier molecular flexibility index (Phi) is 7.64. The summed E-state index contributed by atoms with van der Waals surface area (Å²) in [6, 6.07) is 3.03. The molecule has 3 heterocycles. The molecule has 1 aliphatic rings. The summed E-state index contributed by atoms with van der Waals surface area (Å²) in [7, 11) is 1.89. The highest BCUT2D eigenvalue weighted by Gasteiger charge is 2.38. The van der Waals surface area contributed by atoms with E-state index in [-0.39, 0.29) is 24.9 Å². The molecule has 2 N–H and O–H groups in total. The molecule has 0 saturated carbocycles. The monoisotopic (exact) mass is 389 g/mol. The number of hydrogen-bond acceptors (Lipinski definition) is 6. The van der Waals surface area contributed by atoms with Gasteiger partial charge in [-0.3, -0.25) is 19.4 Å². The number of ether oxygens (including phenoxy) is 1. The summed E-state index contributed by atoms with van der Waals surface area (Å²) in [5, 5.41) is 9.73. The number of amides is 2. The summed E-state index contributed by atoms with van der Waals surface area (Å²) < 4.78 is 7.47. The Morgan fingerprint density at radius 1 is 1.50 bits per heavy atom. The molecule has 2 aromatic heterocycles. The predicted molar refractivity (Wildman–Crippen MR) is 97.9 cm³/mol. The molecule has 28 heavy (non-hydrogen) atoms. The summed E-state index contributed by atoms with van der Waals surface area (Å²) >= 11 is 0. The Labute approximate surface area is 162 Å². The molecule has 0 spiro atoms. The topological polar surface area (TPSA) is 127 Å². The van der Waals surface area contributed by atoms with Crippen molar-refractivity contribution in [2.75, 3.05) is 13.2 Å². The third kappa shape index (κ3) is 5.13. The summed E-state index contributed by atoms with van der Waals surface area (Å²) in [4.78, 5) is 43.2. The maximum absolute atomic E-state index is 13.0. The number of likely N-dealkylation sites (N-methyl/N-ethyl adjacent to an activating group) is 1. The highest BCUT2D eigenvalue weighted by Crippen LogP contribution is 2.24. The number of nitrogens with one attached hydrogen (secondary N) is 1. The third-order valence-corrected chi connectivity index (χ3v) is 4.25. The lowest BCUT2D eigenvalue weighted by atomic mass is 10.0. The molecule has 0 unspecified atom stereocenters. The Morgan fingerprint density at radius 2 is 2.25 bits per heavy atom. The van der Waals surface area contributed by atoms with Crippen molar-refractivity contribution in [3.8, 4) is 0 Å². The molecule has 1 saturated heterocycles. The van der Waals surface area contributed by atoms with Gasteiger partial charge in [-0.25, -0.2) is 4.98 Å². The zero-order valence-electron chi connectivity index (χ0n) is 15.7. The van der Waals surface area contributed by atoms with Gasteiger partial charge in [0.2, 0.25) is 5.91 Å². The van der Waals surface area contributed by atoms with Gasteiger partial charge in [0, 0.05) is 38.4 Å². The minimum absolute atomic E-state index is 0.132. The fourth-order valence-electron chi connectivity index (χ4n) is 2.83. The molecule has 2 aromatic rings. The lowest BCUT2D eigenvalue weighted by molar-refractivity contribution is -0.155. The van der Waals surface area contributed by atoms with Crippen LogP contribution in [-0.4, -0.2) is 62.1 Å². The summed E-state index contributed by atoms with van der Waals surface area (Å²) in [6.07, 6.45) is 6.02. The largest absolute Gasteiger partial charge is 0.483 e. The number of nitrogens with zero attached hydrogens (tertiary/aromatic N) is 4. The van der Waals surface area contributed by atoms with E-state index < -0.39 is 12.1 Å². The number of carboxylic acid groups (broad SMARTS) is 1. The fourth-order valence-corrected chi connectivity index (χ4v) is 2.83. The van der Waals surface area contributed by atoms with Crippen molar-refractivity contribution in [2.24, 2.45) is 7.05 Å². The number of hydrogen-bond donors (Lipinski definition) is 2. The summed E-state index contributed by atoms with van der Waals surface area (Å²) in [5.74, 6) is 0.359. The molecule has 2 amide bonds. The van der Waals surface area contributed by atoms with Crippen LogP contribution >= 0.6 is 0 Å². The average Bonchev–Trinajstić information content (AvgIpc) is 3.11. The summed E-state index contributed by atoms with van der Waals surface area (Å²) in [5.41, 5.74) is 0.738. The minimum atomic E-state index is -0.790. The second-order valence-corrected chi connectivity index (χ2v) is 5.98.